The smallest absolute Gasteiger partial charge is 0.179 e. The van der Waals surface area contributed by atoms with Crippen LogP contribution in [0, 0.1) is 0 Å². The molecule has 0 aliphatic rings. The zero-order valence-electron chi connectivity index (χ0n) is 12.6. The van der Waals surface area contributed by atoms with Crippen molar-refractivity contribution in [1.29, 1.82) is 0 Å². The molecule has 2 rings (SSSR count). The van der Waals surface area contributed by atoms with Crippen molar-refractivity contribution in [2.75, 3.05) is 21.3 Å². The summed E-state index contributed by atoms with van der Waals surface area (Å²) in [6, 6.07) is 3.85. The van der Waals surface area contributed by atoms with Crippen LogP contribution in [-0.2, 0) is 13.5 Å². The molecule has 0 fully saturated rings. The fourth-order valence-electron chi connectivity index (χ4n) is 2.22. The van der Waals surface area contributed by atoms with Gasteiger partial charge in [0.15, 0.2) is 11.5 Å². The molecule has 1 aromatic carbocycles. The highest BCUT2D eigenvalue weighted by atomic mass is 35.5. The molecule has 0 bridgehead atoms. The molecule has 1 N–H and O–H groups in total. The van der Waals surface area contributed by atoms with Crippen molar-refractivity contribution in [2.24, 2.45) is 7.05 Å². The zero-order valence-corrected chi connectivity index (χ0v) is 13.3. The lowest BCUT2D eigenvalue weighted by atomic mass is 10.0. The standard InChI is InChI=1S/C14H19ClN4O2/c1-16-12(7-10-8-19(2)18-17-10)9-5-11(15)14(21-4)13(6-9)20-3/h5-6,8,12,16H,7H2,1-4H3. The SMILES string of the molecule is CNC(Cc1cn(C)nn1)c1cc(Cl)c(OC)c(OC)c1. The van der Waals surface area contributed by atoms with Crippen LogP contribution < -0.4 is 14.8 Å². The van der Waals surface area contributed by atoms with E-state index in [2.05, 4.69) is 15.6 Å². The summed E-state index contributed by atoms with van der Waals surface area (Å²) in [6.07, 6.45) is 2.60. The van der Waals surface area contributed by atoms with Crippen molar-refractivity contribution < 1.29 is 9.47 Å². The average molecular weight is 311 g/mol. The number of hydrogen-bond donors (Lipinski definition) is 1. The van der Waals surface area contributed by atoms with Gasteiger partial charge in [-0.3, -0.25) is 4.68 Å². The molecular formula is C14H19ClN4O2. The molecule has 21 heavy (non-hydrogen) atoms. The van der Waals surface area contributed by atoms with E-state index in [-0.39, 0.29) is 6.04 Å². The molecular weight excluding hydrogens is 292 g/mol. The highest BCUT2D eigenvalue weighted by molar-refractivity contribution is 6.32. The van der Waals surface area contributed by atoms with Crippen LogP contribution in [0.4, 0.5) is 0 Å². The summed E-state index contributed by atoms with van der Waals surface area (Å²) in [6.45, 7) is 0. The molecule has 1 aromatic heterocycles. The van der Waals surface area contributed by atoms with E-state index in [4.69, 9.17) is 21.1 Å². The molecule has 0 aliphatic heterocycles. The van der Waals surface area contributed by atoms with E-state index >= 15 is 0 Å². The Bertz CT molecular complexity index is 615. The number of aryl methyl sites for hydroxylation is 1. The predicted molar refractivity (Wildman–Crippen MR) is 81.1 cm³/mol. The number of nitrogens with zero attached hydrogens (tertiary/aromatic N) is 3. The van der Waals surface area contributed by atoms with Crippen LogP contribution in [0.2, 0.25) is 5.02 Å². The predicted octanol–water partition coefficient (Wildman–Crippen LogP) is 1.99. The summed E-state index contributed by atoms with van der Waals surface area (Å²) in [5.74, 6) is 1.15. The van der Waals surface area contributed by atoms with Crippen LogP contribution in [0.15, 0.2) is 18.3 Å². The Morgan fingerprint density at radius 1 is 1.33 bits per heavy atom. The third-order valence-corrected chi connectivity index (χ3v) is 3.55. The highest BCUT2D eigenvalue weighted by Crippen LogP contribution is 2.38. The second-order valence-corrected chi connectivity index (χ2v) is 5.07. The number of rotatable bonds is 6. The fraction of sp³-hybridized carbons (Fsp3) is 0.429. The van der Waals surface area contributed by atoms with Crippen molar-refractivity contribution >= 4 is 11.6 Å². The largest absolute Gasteiger partial charge is 0.493 e. The van der Waals surface area contributed by atoms with Crippen molar-refractivity contribution in [1.82, 2.24) is 20.3 Å². The molecule has 1 atom stereocenters. The number of hydrogen-bond acceptors (Lipinski definition) is 5. The molecule has 0 radical (unpaired) electrons. The molecule has 0 spiro atoms. The average Bonchev–Trinajstić information content (AvgIpc) is 2.89. The number of ether oxygens (including phenoxy) is 2. The van der Waals surface area contributed by atoms with E-state index in [1.807, 2.05) is 32.4 Å². The van der Waals surface area contributed by atoms with Crippen LogP contribution in [0.3, 0.4) is 0 Å². The minimum atomic E-state index is 0.0546. The van der Waals surface area contributed by atoms with Gasteiger partial charge in [0.1, 0.15) is 0 Å². The van der Waals surface area contributed by atoms with Gasteiger partial charge in [-0.1, -0.05) is 16.8 Å². The second-order valence-electron chi connectivity index (χ2n) is 4.67. The van der Waals surface area contributed by atoms with Gasteiger partial charge in [0.2, 0.25) is 0 Å². The number of halogens is 1. The van der Waals surface area contributed by atoms with Gasteiger partial charge in [-0.05, 0) is 24.7 Å². The van der Waals surface area contributed by atoms with E-state index < -0.39 is 0 Å². The first kappa shape index (κ1) is 15.6. The lowest BCUT2D eigenvalue weighted by molar-refractivity contribution is 0.354. The van der Waals surface area contributed by atoms with Crippen molar-refractivity contribution in [2.45, 2.75) is 12.5 Å². The van der Waals surface area contributed by atoms with Crippen molar-refractivity contribution in [3.8, 4) is 11.5 Å². The van der Waals surface area contributed by atoms with Crippen molar-refractivity contribution in [3.63, 3.8) is 0 Å². The minimum absolute atomic E-state index is 0.0546. The second kappa shape index (κ2) is 6.78. The first-order valence-corrected chi connectivity index (χ1v) is 6.90. The third kappa shape index (κ3) is 3.46. The molecule has 0 amide bonds. The Balaban J connectivity index is 2.31. The van der Waals surface area contributed by atoms with Gasteiger partial charge in [0.25, 0.3) is 0 Å². The van der Waals surface area contributed by atoms with E-state index in [0.717, 1.165) is 11.3 Å². The summed E-state index contributed by atoms with van der Waals surface area (Å²) < 4.78 is 12.3. The summed E-state index contributed by atoms with van der Waals surface area (Å²) in [4.78, 5) is 0. The zero-order chi connectivity index (χ0) is 15.4. The molecule has 0 saturated carbocycles. The Morgan fingerprint density at radius 3 is 2.62 bits per heavy atom. The van der Waals surface area contributed by atoms with Crippen LogP contribution in [0.1, 0.15) is 17.3 Å². The van der Waals surface area contributed by atoms with Crippen molar-refractivity contribution in [3.05, 3.63) is 34.6 Å². The van der Waals surface area contributed by atoms with Crippen LogP contribution in [0.5, 0.6) is 11.5 Å². The van der Waals surface area contributed by atoms with Crippen LogP contribution in [-0.4, -0.2) is 36.3 Å². The number of benzene rings is 1. The van der Waals surface area contributed by atoms with Gasteiger partial charge >= 0.3 is 0 Å². The normalized spacial score (nSPS) is 12.2. The van der Waals surface area contributed by atoms with E-state index in [9.17, 15) is 0 Å². The van der Waals surface area contributed by atoms with Gasteiger partial charge in [0.05, 0.1) is 24.9 Å². The first-order valence-electron chi connectivity index (χ1n) is 6.53. The lowest BCUT2D eigenvalue weighted by Gasteiger charge is -2.18. The Labute approximate surface area is 129 Å². The van der Waals surface area contributed by atoms with Crippen LogP contribution >= 0.6 is 11.6 Å². The maximum Gasteiger partial charge on any atom is 0.179 e. The molecule has 2 aromatic rings. The highest BCUT2D eigenvalue weighted by Gasteiger charge is 2.17. The molecule has 114 valence electrons. The number of methoxy groups -OCH3 is 2. The summed E-state index contributed by atoms with van der Waals surface area (Å²) in [5, 5.41) is 11.8. The van der Waals surface area contributed by atoms with Gasteiger partial charge < -0.3 is 14.8 Å². The molecule has 6 nitrogen and oxygen atoms in total. The molecule has 0 aliphatic carbocycles. The number of likely N-dealkylation sites (N-methyl/N-ethyl adjacent to an activating group) is 1. The quantitative estimate of drug-likeness (QED) is 0.884. The minimum Gasteiger partial charge on any atom is -0.493 e. The maximum absolute atomic E-state index is 6.26. The summed E-state index contributed by atoms with van der Waals surface area (Å²) in [5.41, 5.74) is 1.91. The lowest BCUT2D eigenvalue weighted by Crippen LogP contribution is -2.19. The van der Waals surface area contributed by atoms with Gasteiger partial charge in [-0.25, -0.2) is 0 Å². The van der Waals surface area contributed by atoms with Crippen LogP contribution in [0.25, 0.3) is 0 Å². The fourth-order valence-corrected chi connectivity index (χ4v) is 2.52. The molecule has 0 saturated heterocycles. The van der Waals surface area contributed by atoms with E-state index in [1.54, 1.807) is 18.9 Å². The first-order chi connectivity index (χ1) is 10.1. The number of aromatic nitrogens is 3. The molecule has 7 heteroatoms. The monoisotopic (exact) mass is 310 g/mol. The molecule has 1 heterocycles. The third-order valence-electron chi connectivity index (χ3n) is 3.27. The maximum atomic E-state index is 6.26. The Hall–Kier alpha value is -1.79. The van der Waals surface area contributed by atoms with Gasteiger partial charge in [-0.15, -0.1) is 5.10 Å². The van der Waals surface area contributed by atoms with E-state index in [0.29, 0.717) is 22.9 Å². The topological polar surface area (TPSA) is 61.2 Å². The van der Waals surface area contributed by atoms with Gasteiger partial charge in [-0.2, -0.15) is 0 Å². The number of nitrogens with one attached hydrogen (secondary N) is 1. The summed E-state index contributed by atoms with van der Waals surface area (Å²) >= 11 is 6.26. The van der Waals surface area contributed by atoms with E-state index in [1.165, 1.54) is 0 Å². The summed E-state index contributed by atoms with van der Waals surface area (Å²) in [7, 11) is 6.90. The van der Waals surface area contributed by atoms with Gasteiger partial charge in [0, 0.05) is 25.7 Å². The Morgan fingerprint density at radius 2 is 2.10 bits per heavy atom. The molecule has 1 unspecified atom stereocenters. The Kier molecular flexibility index (Phi) is 5.03.